The SMILES string of the molecule is CC[C@@H](Cn1ccnc1-c1ccoc1)N1CCOCC1. The van der Waals surface area contributed by atoms with E-state index in [9.17, 15) is 0 Å². The van der Waals surface area contributed by atoms with E-state index in [0.29, 0.717) is 6.04 Å². The summed E-state index contributed by atoms with van der Waals surface area (Å²) < 4.78 is 12.8. The number of nitrogens with zero attached hydrogens (tertiary/aromatic N) is 3. The molecule has 2 aromatic heterocycles. The molecule has 0 unspecified atom stereocenters. The van der Waals surface area contributed by atoms with Crippen molar-refractivity contribution in [2.24, 2.45) is 0 Å². The van der Waals surface area contributed by atoms with Gasteiger partial charge in [0.05, 0.1) is 25.0 Å². The summed E-state index contributed by atoms with van der Waals surface area (Å²) in [5.74, 6) is 0.977. The highest BCUT2D eigenvalue weighted by Crippen LogP contribution is 2.19. The van der Waals surface area contributed by atoms with Crippen LogP contribution in [0.3, 0.4) is 0 Å². The fraction of sp³-hybridized carbons (Fsp3) is 0.533. The van der Waals surface area contributed by atoms with Gasteiger partial charge in [0.15, 0.2) is 0 Å². The predicted octanol–water partition coefficient (Wildman–Crippen LogP) is 2.25. The standard InChI is InChI=1S/C15H21N3O2/c1-2-14(17-6-9-19-10-7-17)11-18-5-4-16-15(18)13-3-8-20-12-13/h3-5,8,12,14H,2,6-7,9-11H2,1H3/t14-/m0/s1. The first-order valence-electron chi connectivity index (χ1n) is 7.24. The van der Waals surface area contributed by atoms with Crippen LogP contribution in [0.15, 0.2) is 35.4 Å². The quantitative estimate of drug-likeness (QED) is 0.839. The zero-order valence-electron chi connectivity index (χ0n) is 11.9. The van der Waals surface area contributed by atoms with Crippen LogP contribution in [0.5, 0.6) is 0 Å². The number of imidazole rings is 1. The van der Waals surface area contributed by atoms with E-state index in [1.54, 1.807) is 12.5 Å². The largest absolute Gasteiger partial charge is 0.472 e. The van der Waals surface area contributed by atoms with Crippen LogP contribution in [-0.4, -0.2) is 46.8 Å². The normalized spacial score (nSPS) is 18.2. The molecule has 1 aliphatic rings. The molecule has 0 amide bonds. The van der Waals surface area contributed by atoms with Crippen molar-refractivity contribution in [2.75, 3.05) is 26.3 Å². The minimum atomic E-state index is 0.527. The van der Waals surface area contributed by atoms with E-state index in [-0.39, 0.29) is 0 Å². The van der Waals surface area contributed by atoms with Crippen molar-refractivity contribution in [3.05, 3.63) is 31.0 Å². The Morgan fingerprint density at radius 1 is 1.35 bits per heavy atom. The highest BCUT2D eigenvalue weighted by Gasteiger charge is 2.21. The molecule has 1 saturated heterocycles. The predicted molar refractivity (Wildman–Crippen MR) is 76.4 cm³/mol. The maximum atomic E-state index is 5.44. The first kappa shape index (κ1) is 13.4. The molecule has 0 radical (unpaired) electrons. The fourth-order valence-corrected chi connectivity index (χ4v) is 2.78. The van der Waals surface area contributed by atoms with Crippen molar-refractivity contribution in [1.29, 1.82) is 0 Å². The van der Waals surface area contributed by atoms with Gasteiger partial charge in [-0.2, -0.15) is 0 Å². The molecule has 2 aromatic rings. The molecule has 5 heteroatoms. The summed E-state index contributed by atoms with van der Waals surface area (Å²) in [4.78, 5) is 6.97. The molecular weight excluding hydrogens is 254 g/mol. The van der Waals surface area contributed by atoms with Crippen molar-refractivity contribution in [1.82, 2.24) is 14.5 Å². The summed E-state index contributed by atoms with van der Waals surface area (Å²) in [6.07, 6.45) is 8.46. The van der Waals surface area contributed by atoms with Gasteiger partial charge in [-0.25, -0.2) is 4.98 Å². The smallest absolute Gasteiger partial charge is 0.143 e. The van der Waals surface area contributed by atoms with E-state index in [0.717, 1.165) is 50.7 Å². The molecule has 0 spiro atoms. The van der Waals surface area contributed by atoms with Crippen LogP contribution in [0.1, 0.15) is 13.3 Å². The Kier molecular flexibility index (Phi) is 4.18. The van der Waals surface area contributed by atoms with Gasteiger partial charge in [0, 0.05) is 38.1 Å². The lowest BCUT2D eigenvalue weighted by Gasteiger charge is -2.34. The molecule has 5 nitrogen and oxygen atoms in total. The zero-order chi connectivity index (χ0) is 13.8. The van der Waals surface area contributed by atoms with E-state index < -0.39 is 0 Å². The minimum absolute atomic E-state index is 0.527. The summed E-state index contributed by atoms with van der Waals surface area (Å²) in [5.41, 5.74) is 1.03. The molecule has 108 valence electrons. The van der Waals surface area contributed by atoms with E-state index in [1.807, 2.05) is 18.5 Å². The highest BCUT2D eigenvalue weighted by atomic mass is 16.5. The van der Waals surface area contributed by atoms with Gasteiger partial charge in [-0.15, -0.1) is 0 Å². The minimum Gasteiger partial charge on any atom is -0.472 e. The second-order valence-electron chi connectivity index (χ2n) is 5.13. The first-order chi connectivity index (χ1) is 9.88. The number of aromatic nitrogens is 2. The average molecular weight is 275 g/mol. The number of rotatable bonds is 5. The summed E-state index contributed by atoms with van der Waals surface area (Å²) >= 11 is 0. The van der Waals surface area contributed by atoms with Crippen LogP contribution in [0.4, 0.5) is 0 Å². The van der Waals surface area contributed by atoms with Gasteiger partial charge < -0.3 is 13.7 Å². The summed E-state index contributed by atoms with van der Waals surface area (Å²) in [6, 6.07) is 2.48. The number of hydrogen-bond acceptors (Lipinski definition) is 4. The number of furan rings is 1. The Bertz CT molecular complexity index is 515. The second kappa shape index (κ2) is 6.24. The maximum Gasteiger partial charge on any atom is 0.143 e. The topological polar surface area (TPSA) is 43.4 Å². The Balaban J connectivity index is 1.74. The van der Waals surface area contributed by atoms with E-state index in [4.69, 9.17) is 9.15 Å². The molecule has 20 heavy (non-hydrogen) atoms. The van der Waals surface area contributed by atoms with Crippen LogP contribution in [0.25, 0.3) is 11.4 Å². The van der Waals surface area contributed by atoms with Crippen molar-refractivity contribution in [2.45, 2.75) is 25.9 Å². The molecule has 3 rings (SSSR count). The third-order valence-electron chi connectivity index (χ3n) is 3.94. The van der Waals surface area contributed by atoms with Crippen LogP contribution in [0, 0.1) is 0 Å². The van der Waals surface area contributed by atoms with Crippen molar-refractivity contribution in [3.8, 4) is 11.4 Å². The van der Waals surface area contributed by atoms with Gasteiger partial charge in [0.2, 0.25) is 0 Å². The Labute approximate surface area is 119 Å². The Hall–Kier alpha value is -1.59. The monoisotopic (exact) mass is 275 g/mol. The van der Waals surface area contributed by atoms with Gasteiger partial charge in [0.1, 0.15) is 12.1 Å². The van der Waals surface area contributed by atoms with Gasteiger partial charge in [-0.05, 0) is 12.5 Å². The molecule has 1 aliphatic heterocycles. The molecule has 3 heterocycles. The lowest BCUT2D eigenvalue weighted by molar-refractivity contribution is 0.0122. The third kappa shape index (κ3) is 2.78. The Morgan fingerprint density at radius 2 is 2.20 bits per heavy atom. The van der Waals surface area contributed by atoms with Gasteiger partial charge >= 0.3 is 0 Å². The summed E-state index contributed by atoms with van der Waals surface area (Å²) in [6.45, 7) is 6.93. The van der Waals surface area contributed by atoms with Crippen molar-refractivity contribution >= 4 is 0 Å². The molecule has 0 saturated carbocycles. The molecule has 1 atom stereocenters. The van der Waals surface area contributed by atoms with E-state index >= 15 is 0 Å². The third-order valence-corrected chi connectivity index (χ3v) is 3.94. The summed E-state index contributed by atoms with van der Waals surface area (Å²) in [7, 11) is 0. The van der Waals surface area contributed by atoms with Crippen LogP contribution >= 0.6 is 0 Å². The zero-order valence-corrected chi connectivity index (χ0v) is 11.9. The summed E-state index contributed by atoms with van der Waals surface area (Å²) in [5, 5.41) is 0. The first-order valence-corrected chi connectivity index (χ1v) is 7.24. The molecule has 0 bridgehead atoms. The molecular formula is C15H21N3O2. The van der Waals surface area contributed by atoms with Crippen LogP contribution in [-0.2, 0) is 11.3 Å². The lowest BCUT2D eigenvalue weighted by Crippen LogP contribution is -2.45. The van der Waals surface area contributed by atoms with Crippen molar-refractivity contribution in [3.63, 3.8) is 0 Å². The second-order valence-corrected chi connectivity index (χ2v) is 5.13. The Morgan fingerprint density at radius 3 is 2.90 bits per heavy atom. The number of hydrogen-bond donors (Lipinski definition) is 0. The molecule has 1 fully saturated rings. The molecule has 0 N–H and O–H groups in total. The van der Waals surface area contributed by atoms with Crippen LogP contribution < -0.4 is 0 Å². The van der Waals surface area contributed by atoms with Gasteiger partial charge in [-0.3, -0.25) is 4.90 Å². The molecule has 0 aliphatic carbocycles. The van der Waals surface area contributed by atoms with Gasteiger partial charge in [0.25, 0.3) is 0 Å². The van der Waals surface area contributed by atoms with Crippen LogP contribution in [0.2, 0.25) is 0 Å². The molecule has 0 aromatic carbocycles. The highest BCUT2D eigenvalue weighted by molar-refractivity contribution is 5.53. The van der Waals surface area contributed by atoms with E-state index in [1.165, 1.54) is 0 Å². The fourth-order valence-electron chi connectivity index (χ4n) is 2.78. The lowest BCUT2D eigenvalue weighted by atomic mass is 10.1. The van der Waals surface area contributed by atoms with E-state index in [2.05, 4.69) is 21.4 Å². The maximum absolute atomic E-state index is 5.44. The average Bonchev–Trinajstić information content (AvgIpc) is 3.16. The van der Waals surface area contributed by atoms with Crippen molar-refractivity contribution < 1.29 is 9.15 Å². The number of ether oxygens (including phenoxy) is 1. The van der Waals surface area contributed by atoms with Gasteiger partial charge in [-0.1, -0.05) is 6.92 Å². The number of morpholine rings is 1.